The zero-order chi connectivity index (χ0) is 15.7. The van der Waals surface area contributed by atoms with E-state index in [0.29, 0.717) is 5.56 Å². The van der Waals surface area contributed by atoms with Crippen LogP contribution in [0.5, 0.6) is 0 Å². The van der Waals surface area contributed by atoms with Crippen LogP contribution in [0, 0.1) is 17.7 Å². The monoisotopic (exact) mass is 293 g/mol. The number of hydrogen-bond acceptors (Lipinski definition) is 4. The van der Waals surface area contributed by atoms with Crippen LogP contribution in [-0.2, 0) is 9.53 Å². The minimum Gasteiger partial charge on any atom is -0.370 e. The van der Waals surface area contributed by atoms with Crippen LogP contribution < -0.4 is 16.8 Å². The van der Waals surface area contributed by atoms with Gasteiger partial charge in [-0.2, -0.15) is 0 Å². The molecule has 0 spiro atoms. The highest BCUT2D eigenvalue weighted by Gasteiger charge is 2.11. The number of nitrogens with two attached hydrogens (primary N) is 2. The van der Waals surface area contributed by atoms with E-state index in [1.165, 1.54) is 18.2 Å². The number of carbonyl (C=O) groups is 2. The molecule has 0 aliphatic heterocycles. The molecule has 0 aliphatic carbocycles. The summed E-state index contributed by atoms with van der Waals surface area (Å²) < 4.78 is 18.6. The molecule has 1 aromatic carbocycles. The second-order valence-corrected chi connectivity index (χ2v) is 3.98. The first-order chi connectivity index (χ1) is 10.0. The molecule has 5 N–H and O–H groups in total. The largest absolute Gasteiger partial charge is 0.370 e. The Morgan fingerprint density at radius 1 is 1.38 bits per heavy atom. The first-order valence-corrected chi connectivity index (χ1v) is 6.17. The van der Waals surface area contributed by atoms with Gasteiger partial charge in [-0.3, -0.25) is 9.59 Å². The lowest BCUT2D eigenvalue weighted by Crippen LogP contribution is -2.29. The predicted octanol–water partition coefficient (Wildman–Crippen LogP) is -0.632. The van der Waals surface area contributed by atoms with E-state index < -0.39 is 17.6 Å². The standard InChI is InChI=1S/C14H16FN3O3/c15-12-8-10(2-1-5-16)3-4-11(12)14(20)18-6-7-21-9-13(17)19/h3-4,8H,5-7,9,16H2,(H2,17,19)(H,18,20). The minimum absolute atomic E-state index is 0.0943. The number of benzene rings is 1. The first kappa shape index (κ1) is 16.6. The Morgan fingerprint density at radius 3 is 2.76 bits per heavy atom. The van der Waals surface area contributed by atoms with Crippen molar-refractivity contribution in [1.29, 1.82) is 0 Å². The second kappa shape index (κ2) is 8.68. The Labute approximate surface area is 121 Å². The molecule has 0 aliphatic rings. The van der Waals surface area contributed by atoms with Gasteiger partial charge in [-0.1, -0.05) is 11.8 Å². The number of carbonyl (C=O) groups excluding carboxylic acids is 2. The SMILES string of the molecule is NCC#Cc1ccc(C(=O)NCCOCC(N)=O)c(F)c1. The lowest BCUT2D eigenvalue weighted by molar-refractivity contribution is -0.122. The van der Waals surface area contributed by atoms with Gasteiger partial charge in [-0.15, -0.1) is 0 Å². The molecule has 0 saturated heterocycles. The Balaban J connectivity index is 2.52. The molecule has 0 heterocycles. The molecule has 112 valence electrons. The van der Waals surface area contributed by atoms with Crippen LogP contribution in [0.3, 0.4) is 0 Å². The van der Waals surface area contributed by atoms with E-state index in [9.17, 15) is 14.0 Å². The van der Waals surface area contributed by atoms with E-state index in [-0.39, 0.29) is 31.9 Å². The number of primary amides is 1. The zero-order valence-corrected chi connectivity index (χ0v) is 11.3. The maximum atomic E-state index is 13.8. The van der Waals surface area contributed by atoms with E-state index in [0.717, 1.165) is 0 Å². The highest BCUT2D eigenvalue weighted by atomic mass is 19.1. The van der Waals surface area contributed by atoms with Crippen molar-refractivity contribution in [2.24, 2.45) is 11.5 Å². The van der Waals surface area contributed by atoms with Crippen LogP contribution in [0.15, 0.2) is 18.2 Å². The lowest BCUT2D eigenvalue weighted by atomic mass is 10.1. The minimum atomic E-state index is -0.672. The molecule has 0 bridgehead atoms. The van der Waals surface area contributed by atoms with Gasteiger partial charge in [0.1, 0.15) is 12.4 Å². The van der Waals surface area contributed by atoms with Crippen LogP contribution in [0.25, 0.3) is 0 Å². The Hall–Kier alpha value is -2.43. The van der Waals surface area contributed by atoms with Crippen LogP contribution in [0.1, 0.15) is 15.9 Å². The Bertz CT molecular complexity index is 579. The fourth-order valence-corrected chi connectivity index (χ4v) is 1.43. The number of amides is 2. The molecule has 1 aromatic rings. The van der Waals surface area contributed by atoms with Gasteiger partial charge in [-0.05, 0) is 18.2 Å². The molecule has 0 fully saturated rings. The van der Waals surface area contributed by atoms with Gasteiger partial charge >= 0.3 is 0 Å². The average Bonchev–Trinajstić information content (AvgIpc) is 2.44. The molecule has 2 amide bonds. The van der Waals surface area contributed by atoms with Gasteiger partial charge in [-0.25, -0.2) is 4.39 Å². The van der Waals surface area contributed by atoms with E-state index in [4.69, 9.17) is 16.2 Å². The van der Waals surface area contributed by atoms with Crippen molar-refractivity contribution in [1.82, 2.24) is 5.32 Å². The molecule has 0 radical (unpaired) electrons. The van der Waals surface area contributed by atoms with Gasteiger partial charge in [0.25, 0.3) is 5.91 Å². The summed E-state index contributed by atoms with van der Waals surface area (Å²) in [6.07, 6.45) is 0. The van der Waals surface area contributed by atoms with Crippen molar-refractivity contribution in [2.45, 2.75) is 0 Å². The topological polar surface area (TPSA) is 107 Å². The van der Waals surface area contributed by atoms with Gasteiger partial charge in [0, 0.05) is 12.1 Å². The molecular weight excluding hydrogens is 277 g/mol. The average molecular weight is 293 g/mol. The molecule has 0 unspecified atom stereocenters. The molecule has 7 heteroatoms. The Morgan fingerprint density at radius 2 is 2.14 bits per heavy atom. The summed E-state index contributed by atoms with van der Waals surface area (Å²) in [4.78, 5) is 22.1. The molecule has 21 heavy (non-hydrogen) atoms. The van der Waals surface area contributed by atoms with Gasteiger partial charge in [0.2, 0.25) is 5.91 Å². The van der Waals surface area contributed by atoms with Gasteiger partial charge in [0.05, 0.1) is 18.7 Å². The maximum Gasteiger partial charge on any atom is 0.254 e. The predicted molar refractivity (Wildman–Crippen MR) is 74.7 cm³/mol. The normalized spacial score (nSPS) is 9.62. The van der Waals surface area contributed by atoms with Gasteiger partial charge < -0.3 is 21.5 Å². The van der Waals surface area contributed by atoms with Crippen LogP contribution in [0.4, 0.5) is 4.39 Å². The maximum absolute atomic E-state index is 13.8. The van der Waals surface area contributed by atoms with Crippen molar-refractivity contribution in [3.63, 3.8) is 0 Å². The summed E-state index contributed by atoms with van der Waals surface area (Å²) in [5.41, 5.74) is 10.4. The third-order valence-corrected chi connectivity index (χ3v) is 2.32. The number of hydrogen-bond donors (Lipinski definition) is 3. The molecular formula is C14H16FN3O3. The number of halogens is 1. The number of ether oxygens (including phenoxy) is 1. The quantitative estimate of drug-likeness (QED) is 0.479. The summed E-state index contributed by atoms with van der Waals surface area (Å²) in [6.45, 7) is 0.199. The number of nitrogens with one attached hydrogen (secondary N) is 1. The van der Waals surface area contributed by atoms with Crippen molar-refractivity contribution in [3.05, 3.63) is 35.1 Å². The summed E-state index contributed by atoms with van der Waals surface area (Å²) in [7, 11) is 0. The van der Waals surface area contributed by atoms with Crippen LogP contribution in [0.2, 0.25) is 0 Å². The zero-order valence-electron chi connectivity index (χ0n) is 11.3. The van der Waals surface area contributed by atoms with E-state index in [1.807, 2.05) is 0 Å². The molecule has 0 saturated carbocycles. The van der Waals surface area contributed by atoms with E-state index in [2.05, 4.69) is 17.2 Å². The summed E-state index contributed by atoms with van der Waals surface area (Å²) in [5.74, 6) is 3.42. The fraction of sp³-hybridized carbons (Fsp3) is 0.286. The van der Waals surface area contributed by atoms with E-state index in [1.54, 1.807) is 0 Å². The highest BCUT2D eigenvalue weighted by molar-refractivity contribution is 5.94. The van der Waals surface area contributed by atoms with E-state index >= 15 is 0 Å². The third-order valence-electron chi connectivity index (χ3n) is 2.32. The fourth-order valence-electron chi connectivity index (χ4n) is 1.43. The van der Waals surface area contributed by atoms with Crippen LogP contribution >= 0.6 is 0 Å². The third kappa shape index (κ3) is 6.03. The highest BCUT2D eigenvalue weighted by Crippen LogP contribution is 2.09. The molecule has 0 atom stereocenters. The van der Waals surface area contributed by atoms with Crippen molar-refractivity contribution in [3.8, 4) is 11.8 Å². The summed E-state index contributed by atoms with van der Waals surface area (Å²) >= 11 is 0. The smallest absolute Gasteiger partial charge is 0.254 e. The number of rotatable bonds is 6. The van der Waals surface area contributed by atoms with Crippen molar-refractivity contribution >= 4 is 11.8 Å². The first-order valence-electron chi connectivity index (χ1n) is 6.17. The Kier molecular flexibility index (Phi) is 6.87. The lowest BCUT2D eigenvalue weighted by Gasteiger charge is -2.06. The van der Waals surface area contributed by atoms with Crippen molar-refractivity contribution in [2.75, 3.05) is 26.3 Å². The molecule has 0 aromatic heterocycles. The molecule has 6 nitrogen and oxygen atoms in total. The second-order valence-electron chi connectivity index (χ2n) is 3.98. The summed E-state index contributed by atoms with van der Waals surface area (Å²) in [6, 6.07) is 4.04. The van der Waals surface area contributed by atoms with Crippen LogP contribution in [-0.4, -0.2) is 38.1 Å². The van der Waals surface area contributed by atoms with Crippen molar-refractivity contribution < 1.29 is 18.7 Å². The summed E-state index contributed by atoms with van der Waals surface area (Å²) in [5, 5.41) is 2.46. The molecule has 1 rings (SSSR count). The van der Waals surface area contributed by atoms with Gasteiger partial charge in [0.15, 0.2) is 0 Å².